The Kier molecular flexibility index (Phi) is 6.58. The molecule has 1 aromatic carbocycles. The number of benzene rings is 1. The van der Waals surface area contributed by atoms with Crippen molar-refractivity contribution < 1.29 is 4.79 Å². The maximum absolute atomic E-state index is 12.9. The fraction of sp³-hybridized carbons (Fsp3) is 0.571. The number of thioether (sulfide) groups is 1. The summed E-state index contributed by atoms with van der Waals surface area (Å²) in [4.78, 5) is 30.3. The van der Waals surface area contributed by atoms with E-state index in [2.05, 4.69) is 17.2 Å². The van der Waals surface area contributed by atoms with Gasteiger partial charge < -0.3 is 5.32 Å². The molecule has 1 heterocycles. The van der Waals surface area contributed by atoms with Gasteiger partial charge >= 0.3 is 0 Å². The van der Waals surface area contributed by atoms with Crippen molar-refractivity contribution in [2.75, 3.05) is 0 Å². The highest BCUT2D eigenvalue weighted by Gasteiger charge is 2.26. The number of nitrogens with zero attached hydrogens (tertiary/aromatic N) is 2. The standard InChI is InChI=1S/C21H29N3O2S/c1-4-13-24-20(26)16-10-6-8-12-18(16)23-21(24)27-15(3)19(25)22-17-11-7-5-9-14(17)2/h6,8,10,12,14-15,17H,4-5,7,9,11,13H2,1-3H3,(H,22,25)/t14-,15-,17-/m0/s1. The maximum Gasteiger partial charge on any atom is 0.262 e. The van der Waals surface area contributed by atoms with E-state index in [1.807, 2.05) is 38.1 Å². The van der Waals surface area contributed by atoms with E-state index >= 15 is 0 Å². The number of carbonyl (C=O) groups excluding carboxylic acids is 1. The molecule has 1 aliphatic carbocycles. The molecule has 0 aliphatic heterocycles. The summed E-state index contributed by atoms with van der Waals surface area (Å²) >= 11 is 1.38. The van der Waals surface area contributed by atoms with Gasteiger partial charge in [0, 0.05) is 12.6 Å². The molecule has 146 valence electrons. The highest BCUT2D eigenvalue weighted by Crippen LogP contribution is 2.26. The van der Waals surface area contributed by atoms with Gasteiger partial charge in [-0.3, -0.25) is 14.2 Å². The van der Waals surface area contributed by atoms with Gasteiger partial charge in [0.05, 0.1) is 16.2 Å². The van der Waals surface area contributed by atoms with E-state index in [9.17, 15) is 9.59 Å². The summed E-state index contributed by atoms with van der Waals surface area (Å²) in [6.07, 6.45) is 5.50. The van der Waals surface area contributed by atoms with E-state index < -0.39 is 0 Å². The Bertz CT molecular complexity index is 864. The first kappa shape index (κ1) is 19.9. The molecule has 0 saturated heterocycles. The molecule has 5 nitrogen and oxygen atoms in total. The number of carbonyl (C=O) groups is 1. The minimum absolute atomic E-state index is 0.0292. The maximum atomic E-state index is 12.9. The van der Waals surface area contributed by atoms with Crippen LogP contribution < -0.4 is 10.9 Å². The smallest absolute Gasteiger partial charge is 0.262 e. The summed E-state index contributed by atoms with van der Waals surface area (Å²) < 4.78 is 1.71. The van der Waals surface area contributed by atoms with Crippen LogP contribution in [-0.4, -0.2) is 26.8 Å². The van der Waals surface area contributed by atoms with Crippen LogP contribution in [-0.2, 0) is 11.3 Å². The van der Waals surface area contributed by atoms with Crippen LogP contribution in [0.1, 0.15) is 52.9 Å². The van der Waals surface area contributed by atoms with Crippen LogP contribution in [0.15, 0.2) is 34.2 Å². The number of aromatic nitrogens is 2. The molecule has 3 atom stereocenters. The second-order valence-electron chi connectivity index (χ2n) is 7.51. The van der Waals surface area contributed by atoms with Crippen molar-refractivity contribution >= 4 is 28.6 Å². The molecule has 1 aliphatic rings. The van der Waals surface area contributed by atoms with Gasteiger partial charge in [-0.25, -0.2) is 4.98 Å². The average molecular weight is 388 g/mol. The monoisotopic (exact) mass is 387 g/mol. The third-order valence-electron chi connectivity index (χ3n) is 5.36. The fourth-order valence-electron chi connectivity index (χ4n) is 3.70. The van der Waals surface area contributed by atoms with Crippen molar-refractivity contribution in [1.29, 1.82) is 0 Å². The SMILES string of the molecule is CCCn1c(S[C@@H](C)C(=O)N[C@H]2CCCC[C@@H]2C)nc2ccccc2c1=O. The zero-order valence-electron chi connectivity index (χ0n) is 16.4. The van der Waals surface area contributed by atoms with E-state index in [1.165, 1.54) is 31.0 Å². The van der Waals surface area contributed by atoms with E-state index in [1.54, 1.807) is 4.57 Å². The van der Waals surface area contributed by atoms with Gasteiger partial charge in [0.15, 0.2) is 5.16 Å². The topological polar surface area (TPSA) is 64.0 Å². The van der Waals surface area contributed by atoms with Crippen LogP contribution in [0, 0.1) is 5.92 Å². The van der Waals surface area contributed by atoms with Gasteiger partial charge in [-0.1, -0.05) is 50.6 Å². The van der Waals surface area contributed by atoms with Crippen LogP contribution in [0.3, 0.4) is 0 Å². The lowest BCUT2D eigenvalue weighted by molar-refractivity contribution is -0.121. The minimum Gasteiger partial charge on any atom is -0.352 e. The van der Waals surface area contributed by atoms with Gasteiger partial charge in [0.1, 0.15) is 0 Å². The molecule has 6 heteroatoms. The van der Waals surface area contributed by atoms with Crippen LogP contribution >= 0.6 is 11.8 Å². The first-order valence-corrected chi connectivity index (χ1v) is 10.9. The Morgan fingerprint density at radius 3 is 2.81 bits per heavy atom. The molecule has 3 rings (SSSR count). The molecule has 1 saturated carbocycles. The molecule has 0 bridgehead atoms. The number of hydrogen-bond donors (Lipinski definition) is 1. The summed E-state index contributed by atoms with van der Waals surface area (Å²) in [6, 6.07) is 7.66. The molecule has 27 heavy (non-hydrogen) atoms. The Labute approximate surface area is 164 Å². The van der Waals surface area contributed by atoms with E-state index in [0.29, 0.717) is 28.5 Å². The van der Waals surface area contributed by atoms with Crippen molar-refractivity contribution in [3.8, 4) is 0 Å². The van der Waals surface area contributed by atoms with Gasteiger partial charge in [-0.05, 0) is 44.2 Å². The fourth-order valence-corrected chi connectivity index (χ4v) is 4.64. The van der Waals surface area contributed by atoms with Crippen LogP contribution in [0.25, 0.3) is 10.9 Å². The zero-order valence-corrected chi connectivity index (χ0v) is 17.2. The quantitative estimate of drug-likeness (QED) is 0.601. The second-order valence-corrected chi connectivity index (χ2v) is 8.81. The lowest BCUT2D eigenvalue weighted by atomic mass is 9.86. The first-order valence-electron chi connectivity index (χ1n) is 9.98. The normalized spacial score (nSPS) is 21.1. The summed E-state index contributed by atoms with van der Waals surface area (Å²) in [5.74, 6) is 0.557. The number of nitrogens with one attached hydrogen (secondary N) is 1. The minimum atomic E-state index is -0.296. The summed E-state index contributed by atoms with van der Waals surface area (Å²) in [5, 5.41) is 4.17. The molecule has 1 amide bonds. The average Bonchev–Trinajstić information content (AvgIpc) is 2.66. The van der Waals surface area contributed by atoms with Crippen molar-refractivity contribution in [3.63, 3.8) is 0 Å². The third kappa shape index (κ3) is 4.54. The van der Waals surface area contributed by atoms with E-state index in [4.69, 9.17) is 0 Å². The predicted molar refractivity (Wildman–Crippen MR) is 111 cm³/mol. The number of rotatable bonds is 6. The number of hydrogen-bond acceptors (Lipinski definition) is 4. The number of fused-ring (bicyclic) bond motifs is 1. The molecule has 1 aromatic heterocycles. The van der Waals surface area contributed by atoms with Crippen LogP contribution in [0.2, 0.25) is 0 Å². The largest absolute Gasteiger partial charge is 0.352 e. The van der Waals surface area contributed by atoms with Gasteiger partial charge in [0.2, 0.25) is 5.91 Å². The molecule has 1 fully saturated rings. The molecule has 0 radical (unpaired) electrons. The highest BCUT2D eigenvalue weighted by atomic mass is 32.2. The third-order valence-corrected chi connectivity index (χ3v) is 6.45. The zero-order chi connectivity index (χ0) is 19.4. The van der Waals surface area contributed by atoms with Gasteiger partial charge in [-0.15, -0.1) is 0 Å². The Morgan fingerprint density at radius 2 is 2.07 bits per heavy atom. The number of para-hydroxylation sites is 1. The Balaban J connectivity index is 1.81. The van der Waals surface area contributed by atoms with Crippen molar-refractivity contribution in [2.45, 2.75) is 75.9 Å². The van der Waals surface area contributed by atoms with Crippen LogP contribution in [0.4, 0.5) is 0 Å². The van der Waals surface area contributed by atoms with Gasteiger partial charge in [-0.2, -0.15) is 0 Å². The Hall–Kier alpha value is -1.82. The predicted octanol–water partition coefficient (Wildman–Crippen LogP) is 3.98. The molecule has 2 aromatic rings. The van der Waals surface area contributed by atoms with Gasteiger partial charge in [0.25, 0.3) is 5.56 Å². The lowest BCUT2D eigenvalue weighted by Gasteiger charge is -2.30. The summed E-state index contributed by atoms with van der Waals surface area (Å²) in [5.41, 5.74) is 0.657. The molecule has 0 spiro atoms. The van der Waals surface area contributed by atoms with E-state index in [-0.39, 0.29) is 22.8 Å². The summed E-state index contributed by atoms with van der Waals surface area (Å²) in [6.45, 7) is 6.75. The van der Waals surface area contributed by atoms with Crippen molar-refractivity contribution in [1.82, 2.24) is 14.9 Å². The van der Waals surface area contributed by atoms with E-state index in [0.717, 1.165) is 12.8 Å². The summed E-state index contributed by atoms with van der Waals surface area (Å²) in [7, 11) is 0. The molecular formula is C21H29N3O2S. The van der Waals surface area contributed by atoms with Crippen LogP contribution in [0.5, 0.6) is 0 Å². The molecule has 0 unspecified atom stereocenters. The lowest BCUT2D eigenvalue weighted by Crippen LogP contribution is -2.44. The molecular weight excluding hydrogens is 358 g/mol. The molecule has 1 N–H and O–H groups in total. The van der Waals surface area contributed by atoms with Crippen molar-refractivity contribution in [2.24, 2.45) is 5.92 Å². The highest BCUT2D eigenvalue weighted by molar-refractivity contribution is 8.00. The number of amides is 1. The second kappa shape index (κ2) is 8.91. The van der Waals surface area contributed by atoms with Crippen molar-refractivity contribution in [3.05, 3.63) is 34.6 Å². The first-order chi connectivity index (χ1) is 13.0. The Morgan fingerprint density at radius 1 is 1.33 bits per heavy atom.